The first-order valence-corrected chi connectivity index (χ1v) is 5.57. The molecule has 16 heavy (non-hydrogen) atoms. The number of nitrogen functional groups attached to an aromatic ring is 1. The highest BCUT2D eigenvalue weighted by molar-refractivity contribution is 5.95. The number of hydrogen-bond donors (Lipinski definition) is 1. The van der Waals surface area contributed by atoms with Gasteiger partial charge >= 0.3 is 5.97 Å². The Balaban J connectivity index is 2.29. The van der Waals surface area contributed by atoms with Crippen molar-refractivity contribution >= 4 is 11.9 Å². The first kappa shape index (κ1) is 11.0. The Labute approximate surface area is 93.9 Å². The Bertz CT molecular complexity index is 381. The number of hydrogen-bond acceptors (Lipinski definition) is 5. The van der Waals surface area contributed by atoms with Gasteiger partial charge in [0.25, 0.3) is 0 Å². The van der Waals surface area contributed by atoms with Crippen LogP contribution in [-0.2, 0) is 4.74 Å². The molecule has 1 aliphatic rings. The van der Waals surface area contributed by atoms with Gasteiger partial charge in [-0.25, -0.2) is 4.79 Å². The van der Waals surface area contributed by atoms with Gasteiger partial charge in [-0.05, 0) is 12.8 Å². The van der Waals surface area contributed by atoms with Crippen LogP contribution in [0.1, 0.15) is 54.1 Å². The number of aromatic nitrogens is 1. The number of methoxy groups -OCH3 is 1. The number of rotatable bonds is 2. The van der Waals surface area contributed by atoms with Crippen LogP contribution in [0.4, 0.5) is 5.88 Å². The van der Waals surface area contributed by atoms with Crippen molar-refractivity contribution in [1.29, 1.82) is 0 Å². The predicted molar refractivity (Wildman–Crippen MR) is 58.1 cm³/mol. The molecule has 0 atom stereocenters. The van der Waals surface area contributed by atoms with Gasteiger partial charge in [0.2, 0.25) is 5.88 Å². The summed E-state index contributed by atoms with van der Waals surface area (Å²) in [6.07, 6.45) is 5.65. The molecule has 1 saturated carbocycles. The van der Waals surface area contributed by atoms with Crippen molar-refractivity contribution in [3.05, 3.63) is 11.3 Å². The molecule has 2 rings (SSSR count). The summed E-state index contributed by atoms with van der Waals surface area (Å²) in [5, 5.41) is 3.91. The molecule has 88 valence electrons. The molecule has 1 aliphatic carbocycles. The first-order chi connectivity index (χ1) is 7.74. The van der Waals surface area contributed by atoms with Crippen molar-refractivity contribution in [2.45, 2.75) is 38.0 Å². The molecule has 0 radical (unpaired) electrons. The Morgan fingerprint density at radius 3 is 2.75 bits per heavy atom. The van der Waals surface area contributed by atoms with Crippen LogP contribution in [0.5, 0.6) is 0 Å². The monoisotopic (exact) mass is 224 g/mol. The average molecular weight is 224 g/mol. The fourth-order valence-corrected chi connectivity index (χ4v) is 2.28. The Morgan fingerprint density at radius 2 is 2.12 bits per heavy atom. The van der Waals surface area contributed by atoms with E-state index >= 15 is 0 Å². The fourth-order valence-electron chi connectivity index (χ4n) is 2.28. The van der Waals surface area contributed by atoms with Crippen molar-refractivity contribution in [3.8, 4) is 0 Å². The third-order valence-corrected chi connectivity index (χ3v) is 3.13. The van der Waals surface area contributed by atoms with Gasteiger partial charge < -0.3 is 15.0 Å². The fraction of sp³-hybridized carbons (Fsp3) is 0.636. The molecule has 0 unspecified atom stereocenters. The molecule has 5 heteroatoms. The van der Waals surface area contributed by atoms with Gasteiger partial charge in [-0.2, -0.15) is 0 Å². The van der Waals surface area contributed by atoms with E-state index in [1.165, 1.54) is 13.5 Å². The second kappa shape index (κ2) is 4.55. The molecule has 1 heterocycles. The Hall–Kier alpha value is -1.52. The van der Waals surface area contributed by atoms with E-state index < -0.39 is 5.97 Å². The predicted octanol–water partition coefficient (Wildman–Crippen LogP) is 2.09. The van der Waals surface area contributed by atoms with Crippen molar-refractivity contribution in [3.63, 3.8) is 0 Å². The van der Waals surface area contributed by atoms with Gasteiger partial charge in [-0.1, -0.05) is 24.4 Å². The lowest BCUT2D eigenvalue weighted by atomic mass is 9.85. The number of ether oxygens (including phenoxy) is 1. The van der Waals surface area contributed by atoms with E-state index in [9.17, 15) is 4.79 Å². The highest BCUT2D eigenvalue weighted by atomic mass is 16.5. The second-order valence-corrected chi connectivity index (χ2v) is 4.13. The minimum atomic E-state index is -0.459. The summed E-state index contributed by atoms with van der Waals surface area (Å²) in [6.45, 7) is 0. The van der Waals surface area contributed by atoms with E-state index in [1.807, 2.05) is 0 Å². The topological polar surface area (TPSA) is 78.3 Å². The summed E-state index contributed by atoms with van der Waals surface area (Å²) < 4.78 is 9.59. The van der Waals surface area contributed by atoms with E-state index in [2.05, 4.69) is 9.89 Å². The minimum Gasteiger partial charge on any atom is -0.465 e. The average Bonchev–Trinajstić information content (AvgIpc) is 2.71. The molecular weight excluding hydrogens is 208 g/mol. The summed E-state index contributed by atoms with van der Waals surface area (Å²) in [5.41, 5.74) is 6.58. The van der Waals surface area contributed by atoms with Crippen molar-refractivity contribution < 1.29 is 14.1 Å². The van der Waals surface area contributed by atoms with Crippen molar-refractivity contribution in [2.24, 2.45) is 0 Å². The molecule has 0 saturated heterocycles. The van der Waals surface area contributed by atoms with Gasteiger partial charge in [0.05, 0.1) is 7.11 Å². The normalized spacial score (nSPS) is 17.3. The van der Waals surface area contributed by atoms with Gasteiger partial charge in [-0.3, -0.25) is 0 Å². The largest absolute Gasteiger partial charge is 0.465 e. The van der Waals surface area contributed by atoms with Crippen LogP contribution in [0.2, 0.25) is 0 Å². The quantitative estimate of drug-likeness (QED) is 0.778. The molecule has 1 aromatic rings. The van der Waals surface area contributed by atoms with E-state index in [4.69, 9.17) is 10.3 Å². The van der Waals surface area contributed by atoms with E-state index in [-0.39, 0.29) is 11.8 Å². The molecule has 1 aromatic heterocycles. The third kappa shape index (κ3) is 1.89. The number of anilines is 1. The van der Waals surface area contributed by atoms with Crippen LogP contribution in [0, 0.1) is 0 Å². The first-order valence-electron chi connectivity index (χ1n) is 5.57. The maximum atomic E-state index is 11.6. The van der Waals surface area contributed by atoms with E-state index in [1.54, 1.807) is 0 Å². The maximum Gasteiger partial charge on any atom is 0.345 e. The summed E-state index contributed by atoms with van der Waals surface area (Å²) in [7, 11) is 1.33. The zero-order valence-electron chi connectivity index (χ0n) is 9.36. The van der Waals surface area contributed by atoms with Crippen LogP contribution in [0.15, 0.2) is 4.52 Å². The summed E-state index contributed by atoms with van der Waals surface area (Å²) in [5.74, 6) is -0.115. The number of esters is 1. The highest BCUT2D eigenvalue weighted by Gasteiger charge is 2.28. The number of carbonyl (C=O) groups is 1. The third-order valence-electron chi connectivity index (χ3n) is 3.13. The molecule has 0 amide bonds. The zero-order valence-corrected chi connectivity index (χ0v) is 9.36. The SMILES string of the molecule is COC(=O)c1c(C2CCCCC2)noc1N. The highest BCUT2D eigenvalue weighted by Crippen LogP contribution is 2.35. The molecule has 0 aliphatic heterocycles. The smallest absolute Gasteiger partial charge is 0.345 e. The standard InChI is InChI=1S/C11H16N2O3/c1-15-11(14)8-9(13-16-10(8)12)7-5-3-2-4-6-7/h7H,2-6,12H2,1H3. The molecular formula is C11H16N2O3. The number of carbonyl (C=O) groups excluding carboxylic acids is 1. The summed E-state index contributed by atoms with van der Waals surface area (Å²) in [6, 6.07) is 0. The molecule has 5 nitrogen and oxygen atoms in total. The number of nitrogens with two attached hydrogens (primary N) is 1. The Morgan fingerprint density at radius 1 is 1.44 bits per heavy atom. The second-order valence-electron chi connectivity index (χ2n) is 4.13. The van der Waals surface area contributed by atoms with Gasteiger partial charge in [0.15, 0.2) is 0 Å². The van der Waals surface area contributed by atoms with Gasteiger partial charge in [0, 0.05) is 5.92 Å². The van der Waals surface area contributed by atoms with E-state index in [0.717, 1.165) is 25.7 Å². The van der Waals surface area contributed by atoms with Crippen LogP contribution >= 0.6 is 0 Å². The van der Waals surface area contributed by atoms with Crippen molar-refractivity contribution in [1.82, 2.24) is 5.16 Å². The lowest BCUT2D eigenvalue weighted by Gasteiger charge is -2.19. The lowest BCUT2D eigenvalue weighted by Crippen LogP contribution is -2.12. The van der Waals surface area contributed by atoms with Crippen molar-refractivity contribution in [2.75, 3.05) is 12.8 Å². The van der Waals surface area contributed by atoms with Crippen LogP contribution in [0.25, 0.3) is 0 Å². The molecule has 1 fully saturated rings. The van der Waals surface area contributed by atoms with Crippen LogP contribution in [0.3, 0.4) is 0 Å². The molecule has 0 aromatic carbocycles. The Kier molecular flexibility index (Phi) is 3.12. The summed E-state index contributed by atoms with van der Waals surface area (Å²) in [4.78, 5) is 11.6. The lowest BCUT2D eigenvalue weighted by molar-refractivity contribution is 0.0599. The minimum absolute atomic E-state index is 0.0624. The molecule has 0 spiro atoms. The van der Waals surface area contributed by atoms with Gasteiger partial charge in [0.1, 0.15) is 11.3 Å². The van der Waals surface area contributed by atoms with Crippen LogP contribution < -0.4 is 5.73 Å². The summed E-state index contributed by atoms with van der Waals surface area (Å²) >= 11 is 0. The van der Waals surface area contributed by atoms with E-state index in [0.29, 0.717) is 11.3 Å². The molecule has 0 bridgehead atoms. The maximum absolute atomic E-state index is 11.6. The number of nitrogens with zero attached hydrogens (tertiary/aromatic N) is 1. The van der Waals surface area contributed by atoms with Gasteiger partial charge in [-0.15, -0.1) is 0 Å². The molecule has 2 N–H and O–H groups in total. The van der Waals surface area contributed by atoms with Crippen LogP contribution in [-0.4, -0.2) is 18.2 Å². The zero-order chi connectivity index (χ0) is 11.5.